The number of alkyl halides is 1. The predicted molar refractivity (Wildman–Crippen MR) is 53.5 cm³/mol. The van der Waals surface area contributed by atoms with Crippen molar-refractivity contribution in [2.75, 3.05) is 20.6 Å². The van der Waals surface area contributed by atoms with E-state index in [2.05, 4.69) is 0 Å². The molecule has 0 aliphatic heterocycles. The minimum Gasteiger partial charge on any atom is -0.308 e. The molecule has 0 unspecified atom stereocenters. The third-order valence-electron chi connectivity index (χ3n) is 1.74. The van der Waals surface area contributed by atoms with Gasteiger partial charge in [-0.15, -0.1) is 11.6 Å². The normalized spacial score (nSPS) is 13.3. The third-order valence-corrected chi connectivity index (χ3v) is 2.13. The molecule has 0 aliphatic rings. The van der Waals surface area contributed by atoms with E-state index in [9.17, 15) is 4.39 Å². The van der Waals surface area contributed by atoms with E-state index >= 15 is 0 Å². The van der Waals surface area contributed by atoms with E-state index in [0.29, 0.717) is 6.54 Å². The van der Waals surface area contributed by atoms with Crippen molar-refractivity contribution < 1.29 is 4.39 Å². The van der Waals surface area contributed by atoms with E-state index in [4.69, 9.17) is 11.6 Å². The van der Waals surface area contributed by atoms with Crippen LogP contribution in [0.1, 0.15) is 10.9 Å². The quantitative estimate of drug-likeness (QED) is 0.680. The van der Waals surface area contributed by atoms with Crippen molar-refractivity contribution in [3.63, 3.8) is 0 Å². The molecule has 1 aromatic carbocycles. The van der Waals surface area contributed by atoms with Gasteiger partial charge in [0.2, 0.25) is 0 Å². The van der Waals surface area contributed by atoms with Gasteiger partial charge in [-0.2, -0.15) is 0 Å². The number of likely N-dealkylation sites (N-methyl/N-ethyl adjacent to an activating group) is 1. The van der Waals surface area contributed by atoms with Gasteiger partial charge in [0.25, 0.3) is 0 Å². The summed E-state index contributed by atoms with van der Waals surface area (Å²) in [7, 11) is 3.88. The molecule has 0 bridgehead atoms. The Hall–Kier alpha value is -0.600. The van der Waals surface area contributed by atoms with Crippen LogP contribution in [0, 0.1) is 5.82 Å². The predicted octanol–water partition coefficient (Wildman–Crippen LogP) is 2.67. The Morgan fingerprint density at radius 3 is 2.69 bits per heavy atom. The maximum atomic E-state index is 12.8. The summed E-state index contributed by atoms with van der Waals surface area (Å²) in [6.07, 6.45) is 0. The molecule has 0 saturated heterocycles. The minimum absolute atomic E-state index is 0.148. The lowest BCUT2D eigenvalue weighted by molar-refractivity contribution is 0.407. The van der Waals surface area contributed by atoms with E-state index in [1.54, 1.807) is 6.07 Å². The van der Waals surface area contributed by atoms with Crippen LogP contribution in [0.25, 0.3) is 0 Å². The average molecular weight is 202 g/mol. The summed E-state index contributed by atoms with van der Waals surface area (Å²) < 4.78 is 12.8. The lowest BCUT2D eigenvalue weighted by Crippen LogP contribution is -2.17. The maximum absolute atomic E-state index is 12.8. The van der Waals surface area contributed by atoms with Crippen molar-refractivity contribution in [1.29, 1.82) is 0 Å². The number of hydrogen-bond acceptors (Lipinski definition) is 1. The molecular weight excluding hydrogens is 189 g/mol. The Labute approximate surface area is 83.1 Å². The molecule has 0 aliphatic carbocycles. The Kier molecular flexibility index (Phi) is 3.70. The van der Waals surface area contributed by atoms with Gasteiger partial charge < -0.3 is 4.90 Å². The smallest absolute Gasteiger partial charge is 0.123 e. The second-order valence-electron chi connectivity index (χ2n) is 3.28. The molecule has 13 heavy (non-hydrogen) atoms. The van der Waals surface area contributed by atoms with Gasteiger partial charge in [-0.25, -0.2) is 4.39 Å². The Balaban J connectivity index is 2.71. The van der Waals surface area contributed by atoms with Crippen molar-refractivity contribution in [1.82, 2.24) is 4.90 Å². The van der Waals surface area contributed by atoms with Crippen molar-refractivity contribution in [3.8, 4) is 0 Å². The number of hydrogen-bond donors (Lipinski definition) is 0. The number of halogens is 2. The van der Waals surface area contributed by atoms with Crippen LogP contribution in [0.3, 0.4) is 0 Å². The van der Waals surface area contributed by atoms with Crippen molar-refractivity contribution in [2.45, 2.75) is 5.38 Å². The number of benzene rings is 1. The van der Waals surface area contributed by atoms with Crippen LogP contribution < -0.4 is 0 Å². The van der Waals surface area contributed by atoms with Gasteiger partial charge in [0.15, 0.2) is 0 Å². The molecule has 1 nitrogen and oxygen atoms in total. The summed E-state index contributed by atoms with van der Waals surface area (Å²) in [5.74, 6) is -0.234. The van der Waals surface area contributed by atoms with E-state index in [-0.39, 0.29) is 11.2 Å². The lowest BCUT2D eigenvalue weighted by Gasteiger charge is -2.15. The van der Waals surface area contributed by atoms with Crippen LogP contribution in [-0.4, -0.2) is 25.5 Å². The zero-order valence-electron chi connectivity index (χ0n) is 7.80. The molecule has 3 heteroatoms. The second kappa shape index (κ2) is 4.58. The van der Waals surface area contributed by atoms with Crippen LogP contribution in [0.5, 0.6) is 0 Å². The monoisotopic (exact) mass is 201 g/mol. The summed E-state index contributed by atoms with van der Waals surface area (Å²) in [6.45, 7) is 0.713. The molecule has 0 heterocycles. The Morgan fingerprint density at radius 1 is 1.46 bits per heavy atom. The maximum Gasteiger partial charge on any atom is 0.123 e. The van der Waals surface area contributed by atoms with E-state index in [1.807, 2.05) is 25.1 Å². The first-order valence-electron chi connectivity index (χ1n) is 4.14. The topological polar surface area (TPSA) is 3.24 Å². The molecular formula is C10H13ClFN. The second-order valence-corrected chi connectivity index (χ2v) is 3.81. The first-order valence-corrected chi connectivity index (χ1v) is 4.57. The molecule has 72 valence electrons. The van der Waals surface area contributed by atoms with Crippen LogP contribution in [0.15, 0.2) is 24.3 Å². The van der Waals surface area contributed by atoms with Crippen LogP contribution in [-0.2, 0) is 0 Å². The van der Waals surface area contributed by atoms with Crippen molar-refractivity contribution >= 4 is 11.6 Å². The SMILES string of the molecule is CN(C)C[C@H](Cl)c1cccc(F)c1. The van der Waals surface area contributed by atoms with Gasteiger partial charge >= 0.3 is 0 Å². The summed E-state index contributed by atoms with van der Waals surface area (Å²) in [5, 5.41) is -0.148. The molecule has 0 spiro atoms. The molecule has 0 aromatic heterocycles. The fourth-order valence-electron chi connectivity index (χ4n) is 1.13. The average Bonchev–Trinajstić information content (AvgIpc) is 2.03. The third kappa shape index (κ3) is 3.33. The van der Waals surface area contributed by atoms with Crippen LogP contribution in [0.2, 0.25) is 0 Å². The van der Waals surface area contributed by atoms with Gasteiger partial charge in [-0.3, -0.25) is 0 Å². The fourth-order valence-corrected chi connectivity index (χ4v) is 1.54. The molecule has 1 atom stereocenters. The highest BCUT2D eigenvalue weighted by Gasteiger charge is 2.08. The summed E-state index contributed by atoms with van der Waals surface area (Å²) >= 11 is 6.06. The standard InChI is InChI=1S/C10H13ClFN/c1-13(2)7-10(11)8-4-3-5-9(12)6-8/h3-6,10H,7H2,1-2H3/t10-/m0/s1. The highest BCUT2D eigenvalue weighted by Crippen LogP contribution is 2.21. The molecule has 0 fully saturated rings. The van der Waals surface area contributed by atoms with Crippen molar-refractivity contribution in [3.05, 3.63) is 35.6 Å². The lowest BCUT2D eigenvalue weighted by atomic mass is 10.1. The van der Waals surface area contributed by atoms with Gasteiger partial charge in [0, 0.05) is 6.54 Å². The van der Waals surface area contributed by atoms with E-state index in [1.165, 1.54) is 12.1 Å². The zero-order chi connectivity index (χ0) is 9.84. The summed E-state index contributed by atoms with van der Waals surface area (Å²) in [6, 6.07) is 6.41. The zero-order valence-corrected chi connectivity index (χ0v) is 8.55. The molecule has 0 saturated carbocycles. The van der Waals surface area contributed by atoms with Crippen LogP contribution >= 0.6 is 11.6 Å². The van der Waals surface area contributed by atoms with E-state index < -0.39 is 0 Å². The molecule has 0 radical (unpaired) electrons. The first kappa shape index (κ1) is 10.5. The Bertz CT molecular complexity index is 275. The van der Waals surface area contributed by atoms with Crippen LogP contribution in [0.4, 0.5) is 4.39 Å². The molecule has 1 aromatic rings. The van der Waals surface area contributed by atoms with Crippen molar-refractivity contribution in [2.24, 2.45) is 0 Å². The minimum atomic E-state index is -0.234. The fraction of sp³-hybridized carbons (Fsp3) is 0.400. The van der Waals surface area contributed by atoms with E-state index in [0.717, 1.165) is 5.56 Å². The highest BCUT2D eigenvalue weighted by molar-refractivity contribution is 6.21. The van der Waals surface area contributed by atoms with Gasteiger partial charge in [0.1, 0.15) is 5.82 Å². The summed E-state index contributed by atoms with van der Waals surface area (Å²) in [4.78, 5) is 1.97. The summed E-state index contributed by atoms with van der Waals surface area (Å²) in [5.41, 5.74) is 0.829. The van der Waals surface area contributed by atoms with Gasteiger partial charge in [-0.05, 0) is 31.8 Å². The Morgan fingerprint density at radius 2 is 2.15 bits per heavy atom. The number of rotatable bonds is 3. The largest absolute Gasteiger partial charge is 0.308 e. The number of nitrogens with zero attached hydrogens (tertiary/aromatic N) is 1. The molecule has 1 rings (SSSR count). The molecule has 0 amide bonds. The highest BCUT2D eigenvalue weighted by atomic mass is 35.5. The van der Waals surface area contributed by atoms with Gasteiger partial charge in [-0.1, -0.05) is 12.1 Å². The first-order chi connectivity index (χ1) is 6.09. The van der Waals surface area contributed by atoms with Gasteiger partial charge in [0.05, 0.1) is 5.38 Å². The molecule has 0 N–H and O–H groups in total.